The molecule has 12 N–H and O–H groups in total. The molecule has 6 aromatic rings. The molecule has 0 fully saturated rings. The van der Waals surface area contributed by atoms with E-state index in [1.54, 1.807) is 43.3 Å². The highest BCUT2D eigenvalue weighted by molar-refractivity contribution is 7.13. The van der Waals surface area contributed by atoms with Crippen LogP contribution in [0.2, 0.25) is 0 Å². The van der Waals surface area contributed by atoms with Crippen LogP contribution >= 0.6 is 9.39 Å². The first-order chi connectivity index (χ1) is 31.6. The number of ketones is 4. The number of carbonyl (C=O) groups is 5. The molecule has 4 aromatic carbocycles. The van der Waals surface area contributed by atoms with Crippen LogP contribution in [-0.4, -0.2) is 65.2 Å². The van der Waals surface area contributed by atoms with E-state index in [1.807, 2.05) is 80.1 Å². The molecule has 2 heterocycles. The zero-order valence-corrected chi connectivity index (χ0v) is 41.2. The number of carbonyl (C=O) groups excluding carboxylic acids is 5. The fourth-order valence-electron chi connectivity index (χ4n) is 6.64. The smallest absolute Gasteiger partial charge is 0.220 e. The van der Waals surface area contributed by atoms with Crippen LogP contribution in [0.25, 0.3) is 21.8 Å². The van der Waals surface area contributed by atoms with Gasteiger partial charge in [0.1, 0.15) is 5.78 Å². The molecule has 366 valence electrons. The van der Waals surface area contributed by atoms with Crippen molar-refractivity contribution in [2.75, 3.05) is 25.6 Å². The number of nitrogens with two attached hydrogens (primary N) is 4. The molecule has 0 aliphatic rings. The van der Waals surface area contributed by atoms with Crippen LogP contribution in [-0.2, 0) is 27.2 Å². The highest BCUT2D eigenvalue weighted by Crippen LogP contribution is 2.21. The number of hydrogen-bond acceptors (Lipinski definition) is 10. The van der Waals surface area contributed by atoms with Gasteiger partial charge >= 0.3 is 0 Å². The summed E-state index contributed by atoms with van der Waals surface area (Å²) in [5.41, 5.74) is 27.9. The molecule has 2 aromatic heterocycles. The van der Waals surface area contributed by atoms with Gasteiger partial charge in [0.15, 0.2) is 17.3 Å². The van der Waals surface area contributed by atoms with Crippen LogP contribution in [0.4, 0.5) is 11.4 Å². The van der Waals surface area contributed by atoms with E-state index in [0.29, 0.717) is 41.8 Å². The Balaban J connectivity index is 0.000000900. The van der Waals surface area contributed by atoms with Gasteiger partial charge in [-0.3, -0.25) is 24.0 Å². The average Bonchev–Trinajstić information content (AvgIpc) is 3.91. The number of anilines is 2. The lowest BCUT2D eigenvalue weighted by molar-refractivity contribution is -0.126. The van der Waals surface area contributed by atoms with Gasteiger partial charge in [-0.15, -0.1) is 0 Å². The molecule has 3 atom stereocenters. The molecule has 1 amide bonds. The summed E-state index contributed by atoms with van der Waals surface area (Å²) in [5, 5.41) is 7.85. The fourth-order valence-corrected chi connectivity index (χ4v) is 6.64. The molecule has 14 heteroatoms. The number of hydrogen-bond donors (Lipinski definition) is 8. The Morgan fingerprint density at radius 3 is 1.37 bits per heavy atom. The maximum atomic E-state index is 12.2. The Morgan fingerprint density at radius 2 is 0.985 bits per heavy atom. The Kier molecular flexibility index (Phi) is 32.1. The normalized spacial score (nSPS) is 10.8. The van der Waals surface area contributed by atoms with Crippen LogP contribution in [0.3, 0.4) is 0 Å². The fraction of sp³-hybridized carbons (Fsp3) is 0.377. The zero-order valence-electron chi connectivity index (χ0n) is 40.0. The van der Waals surface area contributed by atoms with Gasteiger partial charge < -0.3 is 43.3 Å². The minimum Gasteiger partial charge on any atom is -0.398 e. The van der Waals surface area contributed by atoms with Gasteiger partial charge in [0.25, 0.3) is 0 Å². The molecule has 0 aliphatic heterocycles. The summed E-state index contributed by atoms with van der Waals surface area (Å²) < 4.78 is 0. The van der Waals surface area contributed by atoms with Gasteiger partial charge in [0.05, 0.1) is 12.1 Å². The molecule has 6 rings (SSSR count). The first kappa shape index (κ1) is 61.0. The van der Waals surface area contributed by atoms with Gasteiger partial charge in [0, 0.05) is 69.5 Å². The van der Waals surface area contributed by atoms with E-state index in [1.165, 1.54) is 59.9 Å². The van der Waals surface area contributed by atoms with Gasteiger partial charge in [-0.25, -0.2) is 0 Å². The Hall–Kier alpha value is -5.98. The van der Waals surface area contributed by atoms with Gasteiger partial charge in [-0.2, -0.15) is 0 Å². The van der Waals surface area contributed by atoms with E-state index < -0.39 is 12.1 Å². The van der Waals surface area contributed by atoms with Crippen molar-refractivity contribution in [3.63, 3.8) is 0 Å². The Bertz CT molecular complexity index is 2300. The van der Waals surface area contributed by atoms with Crippen molar-refractivity contribution < 1.29 is 24.0 Å². The predicted molar refractivity (Wildman–Crippen MR) is 285 cm³/mol. The third-order valence-corrected chi connectivity index (χ3v) is 10.2. The lowest BCUT2D eigenvalue weighted by Crippen LogP contribution is -2.41. The number of rotatable bonds is 17. The monoisotopic (exact) mass is 939 g/mol. The molecular formula is C53H79N8O5P. The number of amides is 1. The maximum absolute atomic E-state index is 12.2. The standard InChI is InChI=1S/C22H32N2O2.C12H14N2O.2C8H9NO.CH6NP.CH5N.CH4/c1-3-4-5-6-7-8-9-14-22(26)24-21(17(2)25)15-18-16-23-20-13-11-10-12-19(18)20;1-8(15)11(13)6-9-7-14-12-5-3-2-4-10(9)12;2*1-6(10)7-4-2-3-5-8(7)9;1-2-3;1-2;/h10-13,16,21,23H,3-9,14-15H2,1-2H3,(H,24,26);2-5,7,11,14H,6,13H2,1H3;2*2-5H,9H2,1H3;2H,3H2,1H3;2H2,1H3;1H4. The number of benzene rings is 4. The van der Waals surface area contributed by atoms with Crippen molar-refractivity contribution in [2.24, 2.45) is 11.5 Å². The van der Waals surface area contributed by atoms with Gasteiger partial charge in [0.2, 0.25) is 5.91 Å². The summed E-state index contributed by atoms with van der Waals surface area (Å²) in [6, 6.07) is 29.3. The molecular weight excluding hydrogens is 860 g/mol. The van der Waals surface area contributed by atoms with E-state index in [0.717, 1.165) is 45.8 Å². The molecule has 0 saturated heterocycles. The zero-order chi connectivity index (χ0) is 49.4. The second-order valence-corrected chi connectivity index (χ2v) is 16.1. The number of para-hydroxylation sites is 4. The molecule has 0 aliphatic carbocycles. The second kappa shape index (κ2) is 35.2. The third kappa shape index (κ3) is 23.4. The molecule has 0 radical (unpaired) electrons. The van der Waals surface area contributed by atoms with E-state index in [-0.39, 0.29) is 36.5 Å². The van der Waals surface area contributed by atoms with Crippen LogP contribution in [0, 0.1) is 0 Å². The van der Waals surface area contributed by atoms with Crippen LogP contribution in [0.15, 0.2) is 109 Å². The van der Waals surface area contributed by atoms with Gasteiger partial charge in [-0.1, -0.05) is 123 Å². The van der Waals surface area contributed by atoms with Crippen molar-refractivity contribution in [1.82, 2.24) is 20.4 Å². The quantitative estimate of drug-likeness (QED) is 0.0186. The number of H-pyrrole nitrogens is 2. The number of aromatic amines is 2. The van der Waals surface area contributed by atoms with Crippen molar-refractivity contribution >= 4 is 71.6 Å². The third-order valence-electron chi connectivity index (χ3n) is 10.2. The summed E-state index contributed by atoms with van der Waals surface area (Å²) in [4.78, 5) is 63.2. The van der Waals surface area contributed by atoms with E-state index in [9.17, 15) is 24.0 Å². The van der Waals surface area contributed by atoms with E-state index in [4.69, 9.17) is 17.2 Å². The van der Waals surface area contributed by atoms with Crippen molar-refractivity contribution in [3.05, 3.63) is 132 Å². The molecule has 0 saturated carbocycles. The Morgan fingerprint density at radius 1 is 0.597 bits per heavy atom. The summed E-state index contributed by atoms with van der Waals surface area (Å²) in [6.07, 6.45) is 13.8. The first-order valence-corrected chi connectivity index (χ1v) is 23.0. The molecule has 3 unspecified atom stereocenters. The number of unbranched alkanes of at least 4 members (excludes halogenated alkanes) is 6. The van der Waals surface area contributed by atoms with Crippen LogP contribution in [0.1, 0.15) is 125 Å². The van der Waals surface area contributed by atoms with Crippen molar-refractivity contribution in [1.29, 1.82) is 0 Å². The van der Waals surface area contributed by atoms with E-state index >= 15 is 0 Å². The van der Waals surface area contributed by atoms with Crippen molar-refractivity contribution in [2.45, 2.75) is 118 Å². The number of aromatic nitrogens is 2. The van der Waals surface area contributed by atoms with Crippen LogP contribution < -0.4 is 33.3 Å². The summed E-state index contributed by atoms with van der Waals surface area (Å²) in [5.74, 6) is 0.0401. The maximum Gasteiger partial charge on any atom is 0.220 e. The second-order valence-electron chi connectivity index (χ2n) is 15.5. The highest BCUT2D eigenvalue weighted by Gasteiger charge is 2.19. The minimum atomic E-state index is -0.453. The molecule has 13 nitrogen and oxygen atoms in total. The summed E-state index contributed by atoms with van der Waals surface area (Å²) in [7, 11) is 5.67. The first-order valence-electron chi connectivity index (χ1n) is 22.5. The van der Waals surface area contributed by atoms with Gasteiger partial charge in [-0.05, 0) is 102 Å². The molecule has 0 bridgehead atoms. The number of Topliss-reactive ketones (excluding diaryl/α,β-unsaturated/α-hetero) is 4. The Labute approximate surface area is 401 Å². The lowest BCUT2D eigenvalue weighted by Gasteiger charge is -2.15. The molecule has 0 spiro atoms. The highest BCUT2D eigenvalue weighted by atomic mass is 31.0. The molecule has 67 heavy (non-hydrogen) atoms. The SMILES string of the molecule is C.CC(=O)C(N)Cc1c[nH]c2ccccc12.CC(=O)c1ccccc1N.CC(=O)c1ccccc1N.CCCCCCCCCC(=O)NC(Cc1c[nH]c2ccccc12)C(C)=O.CN.CNP. The van der Waals surface area contributed by atoms with E-state index in [2.05, 4.69) is 42.4 Å². The number of nitrogen functional groups attached to an aromatic ring is 2. The number of fused-ring (bicyclic) bond motifs is 2. The number of nitrogens with one attached hydrogen (secondary N) is 4. The summed E-state index contributed by atoms with van der Waals surface area (Å²) in [6.45, 7) is 8.30. The average molecular weight is 939 g/mol. The summed E-state index contributed by atoms with van der Waals surface area (Å²) >= 11 is 0. The minimum absolute atomic E-state index is 0. The van der Waals surface area contributed by atoms with Crippen molar-refractivity contribution in [3.8, 4) is 0 Å². The predicted octanol–water partition coefficient (Wildman–Crippen LogP) is 9.70. The topological polar surface area (TPSA) is 245 Å². The van der Waals surface area contributed by atoms with Crippen LogP contribution in [0.5, 0.6) is 0 Å². The largest absolute Gasteiger partial charge is 0.398 e. The lowest BCUT2D eigenvalue weighted by atomic mass is 10.0.